The summed E-state index contributed by atoms with van der Waals surface area (Å²) in [5.41, 5.74) is 1.28. The molecule has 0 bridgehead atoms. The number of ether oxygens (including phenoxy) is 1. The molecule has 1 aromatic rings. The largest absolute Gasteiger partial charge is 0.421 e. The molecular formula is C11H8Br4O2. The van der Waals surface area contributed by atoms with Gasteiger partial charge in [-0.25, -0.2) is 4.79 Å². The Morgan fingerprint density at radius 1 is 1.06 bits per heavy atom. The summed E-state index contributed by atoms with van der Waals surface area (Å²) >= 11 is 13.6. The maximum atomic E-state index is 11.5. The Labute approximate surface area is 133 Å². The van der Waals surface area contributed by atoms with Crippen LogP contribution >= 0.6 is 63.7 Å². The van der Waals surface area contributed by atoms with Gasteiger partial charge in [0, 0.05) is 10.0 Å². The van der Waals surface area contributed by atoms with E-state index < -0.39 is 5.97 Å². The lowest BCUT2D eigenvalue weighted by atomic mass is 10.2. The van der Waals surface area contributed by atoms with E-state index in [1.165, 1.54) is 0 Å². The lowest BCUT2D eigenvalue weighted by molar-refractivity contribution is -0.130. The molecule has 0 saturated heterocycles. The van der Waals surface area contributed by atoms with Crippen molar-refractivity contribution in [3.63, 3.8) is 0 Å². The van der Waals surface area contributed by atoms with Crippen LogP contribution < -0.4 is 4.74 Å². The molecule has 17 heavy (non-hydrogen) atoms. The SMILES string of the molecule is C=C(C)C(=O)Oc1c(Br)c(C)c(Br)c(Br)c1Br. The monoisotopic (exact) mass is 488 g/mol. The van der Waals surface area contributed by atoms with Crippen molar-refractivity contribution < 1.29 is 9.53 Å². The van der Waals surface area contributed by atoms with E-state index in [4.69, 9.17) is 4.74 Å². The predicted molar refractivity (Wildman–Crippen MR) is 82.4 cm³/mol. The summed E-state index contributed by atoms with van der Waals surface area (Å²) < 4.78 is 8.34. The van der Waals surface area contributed by atoms with Crippen LogP contribution in [0.2, 0.25) is 0 Å². The highest BCUT2D eigenvalue weighted by Crippen LogP contribution is 2.46. The van der Waals surface area contributed by atoms with Crippen molar-refractivity contribution in [2.24, 2.45) is 0 Å². The van der Waals surface area contributed by atoms with Crippen molar-refractivity contribution in [3.05, 3.63) is 35.6 Å². The number of hydrogen-bond acceptors (Lipinski definition) is 2. The van der Waals surface area contributed by atoms with Crippen LogP contribution in [0.4, 0.5) is 0 Å². The molecule has 0 aliphatic heterocycles. The van der Waals surface area contributed by atoms with Crippen molar-refractivity contribution >= 4 is 69.7 Å². The number of halogens is 4. The fraction of sp³-hybridized carbons (Fsp3) is 0.182. The van der Waals surface area contributed by atoms with Gasteiger partial charge in [-0.15, -0.1) is 0 Å². The molecule has 1 rings (SSSR count). The van der Waals surface area contributed by atoms with Crippen LogP contribution in [0.5, 0.6) is 5.75 Å². The molecule has 6 heteroatoms. The number of rotatable bonds is 2. The number of esters is 1. The minimum absolute atomic E-state index is 0.348. The summed E-state index contributed by atoms with van der Waals surface area (Å²) in [5.74, 6) is -0.0226. The summed E-state index contributed by atoms with van der Waals surface area (Å²) in [7, 11) is 0. The van der Waals surface area contributed by atoms with Gasteiger partial charge in [0.15, 0.2) is 5.75 Å². The Balaban J connectivity index is 3.35. The molecule has 0 amide bonds. The molecule has 0 aliphatic carbocycles. The van der Waals surface area contributed by atoms with Gasteiger partial charge in [0.25, 0.3) is 0 Å². The summed E-state index contributed by atoms with van der Waals surface area (Å²) in [5, 5.41) is 0. The quantitative estimate of drug-likeness (QED) is 0.179. The first-order chi connectivity index (χ1) is 7.77. The van der Waals surface area contributed by atoms with Crippen LogP contribution in [-0.4, -0.2) is 5.97 Å². The normalized spacial score (nSPS) is 10.2. The first-order valence-corrected chi connectivity index (χ1v) is 7.64. The van der Waals surface area contributed by atoms with Crippen molar-refractivity contribution in [3.8, 4) is 5.75 Å². The fourth-order valence-electron chi connectivity index (χ4n) is 0.993. The molecule has 0 fully saturated rings. The Kier molecular flexibility index (Phi) is 5.43. The fourth-order valence-corrected chi connectivity index (χ4v) is 3.62. The number of benzene rings is 1. The van der Waals surface area contributed by atoms with Gasteiger partial charge in [0.1, 0.15) is 0 Å². The van der Waals surface area contributed by atoms with Crippen LogP contribution in [0, 0.1) is 6.92 Å². The molecular weight excluding hydrogens is 484 g/mol. The van der Waals surface area contributed by atoms with E-state index >= 15 is 0 Å². The number of hydrogen-bond donors (Lipinski definition) is 0. The van der Waals surface area contributed by atoms with Crippen molar-refractivity contribution in [2.45, 2.75) is 13.8 Å². The Bertz CT molecular complexity index is 480. The van der Waals surface area contributed by atoms with Gasteiger partial charge >= 0.3 is 5.97 Å². The standard InChI is InChI=1S/C11H8Br4O2/c1-4(2)11(16)17-10-7(13)5(3)6(12)8(14)9(10)15/h1H2,2-3H3. The third-order valence-electron chi connectivity index (χ3n) is 1.99. The first-order valence-electron chi connectivity index (χ1n) is 4.47. The van der Waals surface area contributed by atoms with Crippen molar-refractivity contribution in [1.29, 1.82) is 0 Å². The molecule has 0 saturated carbocycles. The zero-order valence-corrected chi connectivity index (χ0v) is 15.4. The van der Waals surface area contributed by atoms with Gasteiger partial charge in [0.2, 0.25) is 0 Å². The van der Waals surface area contributed by atoms with E-state index in [-0.39, 0.29) is 0 Å². The molecule has 0 N–H and O–H groups in total. The second kappa shape index (κ2) is 5.99. The average molecular weight is 492 g/mol. The van der Waals surface area contributed by atoms with Gasteiger partial charge < -0.3 is 4.74 Å². The zero-order valence-electron chi connectivity index (χ0n) is 9.04. The van der Waals surface area contributed by atoms with E-state index in [0.717, 1.165) is 14.5 Å². The summed E-state index contributed by atoms with van der Waals surface area (Å²) in [6.07, 6.45) is 0. The number of carbonyl (C=O) groups excluding carboxylic acids is 1. The van der Waals surface area contributed by atoms with Crippen LogP contribution in [0.3, 0.4) is 0 Å². The molecule has 92 valence electrons. The second-order valence-electron chi connectivity index (χ2n) is 3.38. The summed E-state index contributed by atoms with van der Waals surface area (Å²) in [6.45, 7) is 7.06. The van der Waals surface area contributed by atoms with Gasteiger partial charge in [-0.2, -0.15) is 0 Å². The second-order valence-corrected chi connectivity index (χ2v) is 6.55. The Hall–Kier alpha value is 0.350. The highest BCUT2D eigenvalue weighted by atomic mass is 79.9. The van der Waals surface area contributed by atoms with Crippen molar-refractivity contribution in [1.82, 2.24) is 0 Å². The van der Waals surface area contributed by atoms with Gasteiger partial charge in [-0.05, 0) is 83.1 Å². The third-order valence-corrected chi connectivity index (χ3v) is 6.55. The predicted octanol–water partition coefficient (Wildman–Crippen LogP) is 5.53. The van der Waals surface area contributed by atoms with Gasteiger partial charge in [-0.3, -0.25) is 0 Å². The van der Waals surface area contributed by atoms with E-state index in [1.807, 2.05) is 6.92 Å². The van der Waals surface area contributed by atoms with Crippen LogP contribution in [0.1, 0.15) is 12.5 Å². The first kappa shape index (κ1) is 15.4. The molecule has 0 radical (unpaired) electrons. The Morgan fingerprint density at radius 3 is 2.06 bits per heavy atom. The van der Waals surface area contributed by atoms with E-state index in [9.17, 15) is 4.79 Å². The van der Waals surface area contributed by atoms with E-state index in [2.05, 4.69) is 70.3 Å². The smallest absolute Gasteiger partial charge is 0.338 e. The minimum atomic E-state index is -0.458. The average Bonchev–Trinajstić information content (AvgIpc) is 2.29. The maximum absolute atomic E-state index is 11.5. The highest BCUT2D eigenvalue weighted by Gasteiger charge is 2.20. The third kappa shape index (κ3) is 3.22. The molecule has 0 aromatic heterocycles. The molecule has 0 unspecified atom stereocenters. The lowest BCUT2D eigenvalue weighted by Crippen LogP contribution is -2.09. The highest BCUT2D eigenvalue weighted by molar-refractivity contribution is 9.14. The molecule has 1 aromatic carbocycles. The molecule has 2 nitrogen and oxygen atoms in total. The van der Waals surface area contributed by atoms with E-state index in [1.54, 1.807) is 6.92 Å². The van der Waals surface area contributed by atoms with Crippen LogP contribution in [0.25, 0.3) is 0 Å². The summed E-state index contributed by atoms with van der Waals surface area (Å²) in [6, 6.07) is 0. The molecule has 0 spiro atoms. The minimum Gasteiger partial charge on any atom is -0.421 e. The zero-order chi connectivity index (χ0) is 13.3. The number of carbonyl (C=O) groups is 1. The molecule has 0 heterocycles. The lowest BCUT2D eigenvalue weighted by Gasteiger charge is -2.14. The topological polar surface area (TPSA) is 26.3 Å². The van der Waals surface area contributed by atoms with Crippen molar-refractivity contribution in [2.75, 3.05) is 0 Å². The van der Waals surface area contributed by atoms with Crippen LogP contribution in [-0.2, 0) is 4.79 Å². The molecule has 0 aliphatic rings. The molecule has 0 atom stereocenters. The van der Waals surface area contributed by atoms with Gasteiger partial charge in [0.05, 0.1) is 13.4 Å². The van der Waals surface area contributed by atoms with Gasteiger partial charge in [-0.1, -0.05) is 6.58 Å². The Morgan fingerprint density at radius 2 is 1.59 bits per heavy atom. The van der Waals surface area contributed by atoms with Crippen LogP contribution in [0.15, 0.2) is 30.0 Å². The van der Waals surface area contributed by atoms with E-state index in [0.29, 0.717) is 20.3 Å². The summed E-state index contributed by atoms with van der Waals surface area (Å²) in [4.78, 5) is 11.5. The maximum Gasteiger partial charge on any atom is 0.338 e.